The van der Waals surface area contributed by atoms with Gasteiger partial charge in [-0.25, -0.2) is 0 Å². The molecule has 0 aromatic rings. The minimum absolute atomic E-state index is 0.351. The van der Waals surface area contributed by atoms with Crippen molar-refractivity contribution in [3.05, 3.63) is 0 Å². The summed E-state index contributed by atoms with van der Waals surface area (Å²) in [5.41, 5.74) is 0. The van der Waals surface area contributed by atoms with E-state index in [-0.39, 0.29) is 0 Å². The average Bonchev–Trinajstić information content (AvgIpc) is 2.31. The highest BCUT2D eigenvalue weighted by Crippen LogP contribution is 2.22. The molecule has 0 heterocycles. The van der Waals surface area contributed by atoms with E-state index in [0.29, 0.717) is 12.5 Å². The molecule has 0 bridgehead atoms. The van der Waals surface area contributed by atoms with Gasteiger partial charge in [0, 0.05) is 6.61 Å². The van der Waals surface area contributed by atoms with Crippen LogP contribution in [-0.2, 0) is 0 Å². The fourth-order valence-electron chi connectivity index (χ4n) is 2.34. The summed E-state index contributed by atoms with van der Waals surface area (Å²) in [6, 6.07) is 0. The van der Waals surface area contributed by atoms with Gasteiger partial charge in [-0.2, -0.15) is 0 Å². The second kappa shape index (κ2) is 11.1. The first-order valence-electron chi connectivity index (χ1n) is 7.70. The Balaban J connectivity index is 3.48. The fourth-order valence-corrected chi connectivity index (χ4v) is 2.34. The van der Waals surface area contributed by atoms with E-state index in [9.17, 15) is 0 Å². The number of hydrogen-bond acceptors (Lipinski definition) is 1. The molecule has 0 fully saturated rings. The molecule has 3 atom stereocenters. The van der Waals surface area contributed by atoms with E-state index in [1.165, 1.54) is 44.9 Å². The van der Waals surface area contributed by atoms with Crippen LogP contribution >= 0.6 is 0 Å². The average molecular weight is 242 g/mol. The van der Waals surface area contributed by atoms with Crippen LogP contribution in [0.3, 0.4) is 0 Å². The molecule has 0 amide bonds. The number of hydrogen-bond donors (Lipinski definition) is 1. The first-order valence-corrected chi connectivity index (χ1v) is 7.70. The van der Waals surface area contributed by atoms with Crippen molar-refractivity contribution >= 4 is 0 Å². The highest BCUT2D eigenvalue weighted by atomic mass is 16.3. The van der Waals surface area contributed by atoms with Crippen LogP contribution in [0, 0.1) is 17.8 Å². The Morgan fingerprint density at radius 2 is 1.12 bits per heavy atom. The van der Waals surface area contributed by atoms with Crippen molar-refractivity contribution < 1.29 is 5.11 Å². The van der Waals surface area contributed by atoms with Gasteiger partial charge in [0.25, 0.3) is 0 Å². The molecular weight excluding hydrogens is 208 g/mol. The third-order valence-corrected chi connectivity index (χ3v) is 3.98. The molecular formula is C16H34O. The van der Waals surface area contributed by atoms with Gasteiger partial charge in [-0.3, -0.25) is 0 Å². The summed E-state index contributed by atoms with van der Waals surface area (Å²) < 4.78 is 0. The largest absolute Gasteiger partial charge is 0.396 e. The molecule has 0 saturated carbocycles. The zero-order chi connectivity index (χ0) is 13.1. The number of aliphatic hydroxyl groups is 1. The summed E-state index contributed by atoms with van der Waals surface area (Å²) >= 11 is 0. The van der Waals surface area contributed by atoms with Gasteiger partial charge < -0.3 is 5.11 Å². The van der Waals surface area contributed by atoms with Crippen molar-refractivity contribution in [2.75, 3.05) is 6.61 Å². The van der Waals surface area contributed by atoms with Crippen molar-refractivity contribution in [1.29, 1.82) is 0 Å². The normalized spacial score (nSPS) is 16.8. The van der Waals surface area contributed by atoms with Crippen molar-refractivity contribution in [3.63, 3.8) is 0 Å². The Kier molecular flexibility index (Phi) is 11.0. The third-order valence-electron chi connectivity index (χ3n) is 3.98. The van der Waals surface area contributed by atoms with Crippen molar-refractivity contribution in [1.82, 2.24) is 0 Å². The van der Waals surface area contributed by atoms with Crippen LogP contribution in [0.5, 0.6) is 0 Å². The molecule has 17 heavy (non-hydrogen) atoms. The molecule has 0 aliphatic carbocycles. The predicted octanol–water partition coefficient (Wildman–Crippen LogP) is 5.03. The van der Waals surface area contributed by atoms with E-state index in [1.54, 1.807) is 0 Å². The zero-order valence-corrected chi connectivity index (χ0v) is 12.5. The molecule has 0 aliphatic heterocycles. The molecule has 0 aliphatic rings. The van der Waals surface area contributed by atoms with E-state index >= 15 is 0 Å². The van der Waals surface area contributed by atoms with Gasteiger partial charge in [0.2, 0.25) is 0 Å². The lowest BCUT2D eigenvalue weighted by molar-refractivity contribution is 0.251. The summed E-state index contributed by atoms with van der Waals surface area (Å²) in [4.78, 5) is 0. The number of aliphatic hydroxyl groups excluding tert-OH is 1. The lowest BCUT2D eigenvalue weighted by atomic mass is 9.89. The third kappa shape index (κ3) is 10.8. The summed E-state index contributed by atoms with van der Waals surface area (Å²) in [5.74, 6) is 2.47. The van der Waals surface area contributed by atoms with Crippen molar-refractivity contribution in [3.8, 4) is 0 Å². The molecule has 0 aromatic heterocycles. The summed E-state index contributed by atoms with van der Waals surface area (Å²) in [6.07, 6.45) is 10.5. The Morgan fingerprint density at radius 3 is 1.53 bits per heavy atom. The van der Waals surface area contributed by atoms with Gasteiger partial charge in [0.05, 0.1) is 0 Å². The van der Waals surface area contributed by atoms with Crippen molar-refractivity contribution in [2.45, 2.75) is 79.1 Å². The lowest BCUT2D eigenvalue weighted by Crippen LogP contribution is -2.04. The van der Waals surface area contributed by atoms with Gasteiger partial charge in [-0.15, -0.1) is 0 Å². The molecule has 0 aromatic carbocycles. The Hall–Kier alpha value is -0.0400. The van der Waals surface area contributed by atoms with E-state index in [0.717, 1.165) is 18.3 Å². The first-order chi connectivity index (χ1) is 8.10. The highest BCUT2D eigenvalue weighted by molar-refractivity contribution is 4.61. The predicted molar refractivity (Wildman–Crippen MR) is 77.2 cm³/mol. The molecule has 3 unspecified atom stereocenters. The Morgan fingerprint density at radius 1 is 0.706 bits per heavy atom. The Bertz CT molecular complexity index is 156. The maximum atomic E-state index is 8.86. The highest BCUT2D eigenvalue weighted by Gasteiger charge is 2.08. The van der Waals surface area contributed by atoms with Crippen LogP contribution in [0.15, 0.2) is 0 Å². The molecule has 1 nitrogen and oxygen atoms in total. The summed E-state index contributed by atoms with van der Waals surface area (Å²) in [6.45, 7) is 9.67. The number of rotatable bonds is 11. The van der Waals surface area contributed by atoms with Gasteiger partial charge >= 0.3 is 0 Å². The van der Waals surface area contributed by atoms with Crippen LogP contribution in [0.2, 0.25) is 0 Å². The molecule has 0 saturated heterocycles. The quantitative estimate of drug-likeness (QED) is 0.539. The second-order valence-electron chi connectivity index (χ2n) is 6.12. The second-order valence-corrected chi connectivity index (χ2v) is 6.12. The smallest absolute Gasteiger partial charge is 0.0433 e. The molecule has 0 radical (unpaired) electrons. The summed E-state index contributed by atoms with van der Waals surface area (Å²) in [7, 11) is 0. The topological polar surface area (TPSA) is 20.2 Å². The fraction of sp³-hybridized carbons (Fsp3) is 1.00. The maximum absolute atomic E-state index is 8.86. The SMILES string of the molecule is CCCCC(C)CCC(C)CCC(C)CCO. The molecule has 1 N–H and O–H groups in total. The van der Waals surface area contributed by atoms with E-state index in [1.807, 2.05) is 0 Å². The van der Waals surface area contributed by atoms with Crippen LogP contribution in [0.25, 0.3) is 0 Å². The maximum Gasteiger partial charge on any atom is 0.0433 e. The minimum atomic E-state index is 0.351. The molecule has 1 heteroatoms. The van der Waals surface area contributed by atoms with Gasteiger partial charge in [0.15, 0.2) is 0 Å². The monoisotopic (exact) mass is 242 g/mol. The number of unbranched alkanes of at least 4 members (excludes halogenated alkanes) is 1. The lowest BCUT2D eigenvalue weighted by Gasteiger charge is -2.17. The molecule has 0 rings (SSSR count). The van der Waals surface area contributed by atoms with Gasteiger partial charge in [-0.1, -0.05) is 72.6 Å². The molecule has 104 valence electrons. The van der Waals surface area contributed by atoms with E-state index in [4.69, 9.17) is 5.11 Å². The van der Waals surface area contributed by atoms with E-state index < -0.39 is 0 Å². The van der Waals surface area contributed by atoms with Crippen LogP contribution in [0.4, 0.5) is 0 Å². The van der Waals surface area contributed by atoms with Crippen LogP contribution in [-0.4, -0.2) is 11.7 Å². The molecule has 0 spiro atoms. The van der Waals surface area contributed by atoms with Crippen LogP contribution in [0.1, 0.15) is 79.1 Å². The van der Waals surface area contributed by atoms with Crippen molar-refractivity contribution in [2.24, 2.45) is 17.8 Å². The first kappa shape index (κ1) is 17.0. The van der Waals surface area contributed by atoms with Gasteiger partial charge in [0.1, 0.15) is 0 Å². The standard InChI is InChI=1S/C16H34O/c1-5-6-7-14(2)8-9-15(3)10-11-16(4)12-13-17/h14-17H,5-13H2,1-4H3. The van der Waals surface area contributed by atoms with Crippen LogP contribution < -0.4 is 0 Å². The minimum Gasteiger partial charge on any atom is -0.396 e. The summed E-state index contributed by atoms with van der Waals surface area (Å²) in [5, 5.41) is 8.86. The van der Waals surface area contributed by atoms with Gasteiger partial charge in [-0.05, 0) is 24.2 Å². The Labute approximate surface area is 109 Å². The zero-order valence-electron chi connectivity index (χ0n) is 12.5. The van der Waals surface area contributed by atoms with E-state index in [2.05, 4.69) is 27.7 Å².